The van der Waals surface area contributed by atoms with E-state index in [9.17, 15) is 0 Å². The van der Waals surface area contributed by atoms with Crippen molar-refractivity contribution in [3.05, 3.63) is 228 Å². The monoisotopic (exact) mass is 905 g/mol. The lowest BCUT2D eigenvalue weighted by atomic mass is 9.33. The van der Waals surface area contributed by atoms with E-state index < -0.39 is 0 Å². The molecule has 0 bridgehead atoms. The van der Waals surface area contributed by atoms with Crippen molar-refractivity contribution in [3.8, 4) is 22.3 Å². The second-order valence-electron chi connectivity index (χ2n) is 22.3. The number of rotatable bonds is 6. The van der Waals surface area contributed by atoms with Gasteiger partial charge in [0, 0.05) is 56.5 Å². The fourth-order valence-corrected chi connectivity index (χ4v) is 11.8. The van der Waals surface area contributed by atoms with Gasteiger partial charge >= 0.3 is 0 Å². The first-order valence-electron chi connectivity index (χ1n) is 25.0. The first-order chi connectivity index (χ1) is 33.7. The number of fused-ring (bicyclic) bond motifs is 7. The number of hydrogen-bond acceptors (Lipinski definition) is 3. The van der Waals surface area contributed by atoms with Crippen molar-refractivity contribution in [2.24, 2.45) is 0 Å². The average molecular weight is 906 g/mol. The standard InChI is InChI=1S/C66H60BN3/c1-43-38-61-63-62(39-43)70(49-33-35-55-53(41-49)52-25-16-18-26-54(52)66(55,8)9)59-37-30-46(65(5,6)7)40-57(59)67(63)56-36-34-50(42-60(56)69(61)48-31-28-45(29-32-48)64(2,3)4)68(47-22-14-11-15-23-47)58-27-19-17-24-51(58)44-20-12-10-13-21-44/h10-42H,1-9H3. The fraction of sp³-hybridized carbons (Fsp3) is 0.182. The third-order valence-electron chi connectivity index (χ3n) is 15.4. The molecule has 0 radical (unpaired) electrons. The van der Waals surface area contributed by atoms with E-state index >= 15 is 0 Å². The lowest BCUT2D eigenvalue weighted by Gasteiger charge is -2.45. The van der Waals surface area contributed by atoms with Gasteiger partial charge in [-0.25, -0.2) is 0 Å². The van der Waals surface area contributed by atoms with Crippen molar-refractivity contribution >= 4 is 74.3 Å². The van der Waals surface area contributed by atoms with Gasteiger partial charge in [0.1, 0.15) is 0 Å². The second-order valence-corrected chi connectivity index (χ2v) is 22.3. The second kappa shape index (κ2) is 16.0. The zero-order chi connectivity index (χ0) is 48.3. The van der Waals surface area contributed by atoms with Crippen LogP contribution >= 0.6 is 0 Å². The van der Waals surface area contributed by atoms with Crippen LogP contribution < -0.4 is 31.1 Å². The highest BCUT2D eigenvalue weighted by atomic mass is 15.2. The molecule has 12 rings (SSSR count). The van der Waals surface area contributed by atoms with Crippen LogP contribution in [0.3, 0.4) is 0 Å². The molecule has 0 fully saturated rings. The van der Waals surface area contributed by atoms with E-state index in [0.717, 1.165) is 22.7 Å². The molecule has 0 N–H and O–H groups in total. The van der Waals surface area contributed by atoms with Gasteiger partial charge in [0.15, 0.2) is 0 Å². The van der Waals surface area contributed by atoms with E-state index in [1.54, 1.807) is 0 Å². The maximum absolute atomic E-state index is 2.58. The minimum absolute atomic E-state index is 0.0159. The van der Waals surface area contributed by atoms with Gasteiger partial charge in [-0.05, 0) is 151 Å². The summed E-state index contributed by atoms with van der Waals surface area (Å²) >= 11 is 0. The largest absolute Gasteiger partial charge is 0.311 e. The molecule has 4 heteroatoms. The van der Waals surface area contributed by atoms with E-state index in [1.807, 2.05) is 0 Å². The molecule has 9 aromatic rings. The molecule has 2 aliphatic heterocycles. The van der Waals surface area contributed by atoms with Gasteiger partial charge in [-0.3, -0.25) is 0 Å². The van der Waals surface area contributed by atoms with Crippen LogP contribution in [0.4, 0.5) is 51.2 Å². The molecule has 0 spiro atoms. The Bertz CT molecular complexity index is 3500. The number of anilines is 9. The minimum atomic E-state index is -0.0786. The highest BCUT2D eigenvalue weighted by Gasteiger charge is 2.45. The lowest BCUT2D eigenvalue weighted by Crippen LogP contribution is -2.61. The van der Waals surface area contributed by atoms with Gasteiger partial charge in [-0.15, -0.1) is 0 Å². The number of para-hydroxylation sites is 2. The van der Waals surface area contributed by atoms with E-state index in [-0.39, 0.29) is 23.0 Å². The van der Waals surface area contributed by atoms with E-state index in [4.69, 9.17) is 0 Å². The van der Waals surface area contributed by atoms with Gasteiger partial charge in [-0.2, -0.15) is 0 Å². The molecule has 342 valence electrons. The zero-order valence-corrected chi connectivity index (χ0v) is 42.0. The van der Waals surface area contributed by atoms with Crippen molar-refractivity contribution < 1.29 is 0 Å². The highest BCUT2D eigenvalue weighted by molar-refractivity contribution is 7.00. The van der Waals surface area contributed by atoms with E-state index in [0.29, 0.717) is 0 Å². The number of aryl methyl sites for hydroxylation is 1. The van der Waals surface area contributed by atoms with Crippen LogP contribution in [0.15, 0.2) is 200 Å². The van der Waals surface area contributed by atoms with E-state index in [2.05, 4.69) is 277 Å². The molecule has 0 aromatic heterocycles. The van der Waals surface area contributed by atoms with Gasteiger partial charge in [0.2, 0.25) is 0 Å². The maximum Gasteiger partial charge on any atom is 0.252 e. The molecule has 1 aliphatic carbocycles. The molecule has 70 heavy (non-hydrogen) atoms. The predicted octanol–water partition coefficient (Wildman–Crippen LogP) is 16.1. The molecular weight excluding hydrogens is 846 g/mol. The number of nitrogens with zero attached hydrogens (tertiary/aromatic N) is 3. The number of hydrogen-bond donors (Lipinski definition) is 0. The van der Waals surface area contributed by atoms with Gasteiger partial charge in [0.25, 0.3) is 6.71 Å². The van der Waals surface area contributed by atoms with Crippen molar-refractivity contribution in [2.75, 3.05) is 14.7 Å². The average Bonchev–Trinajstić information content (AvgIpc) is 3.59. The third kappa shape index (κ3) is 6.94. The van der Waals surface area contributed by atoms with Crippen LogP contribution in [0.2, 0.25) is 0 Å². The molecule has 3 nitrogen and oxygen atoms in total. The van der Waals surface area contributed by atoms with Crippen molar-refractivity contribution in [3.63, 3.8) is 0 Å². The van der Waals surface area contributed by atoms with Crippen LogP contribution in [0.5, 0.6) is 0 Å². The lowest BCUT2D eigenvalue weighted by molar-refractivity contribution is 0.590. The first-order valence-corrected chi connectivity index (χ1v) is 25.0. The summed E-state index contributed by atoms with van der Waals surface area (Å²) in [5.74, 6) is 0. The predicted molar refractivity (Wildman–Crippen MR) is 300 cm³/mol. The highest BCUT2D eigenvalue weighted by Crippen LogP contribution is 2.52. The normalized spacial score (nSPS) is 14.1. The van der Waals surface area contributed by atoms with Crippen molar-refractivity contribution in [2.45, 2.75) is 78.6 Å². The van der Waals surface area contributed by atoms with Gasteiger partial charge in [-0.1, -0.05) is 183 Å². The quantitative estimate of drug-likeness (QED) is 0.154. The molecular formula is C66H60BN3. The summed E-state index contributed by atoms with van der Waals surface area (Å²) in [4.78, 5) is 7.59. The van der Waals surface area contributed by atoms with Crippen molar-refractivity contribution in [1.82, 2.24) is 0 Å². The van der Waals surface area contributed by atoms with Crippen LogP contribution in [0.1, 0.15) is 83.2 Å². The number of benzene rings is 9. The molecule has 0 saturated carbocycles. The summed E-state index contributed by atoms with van der Waals surface area (Å²) in [5, 5.41) is 0. The maximum atomic E-state index is 2.58. The summed E-state index contributed by atoms with van der Waals surface area (Å²) in [6.07, 6.45) is 0. The fourth-order valence-electron chi connectivity index (χ4n) is 11.8. The van der Waals surface area contributed by atoms with Crippen LogP contribution in [-0.4, -0.2) is 6.71 Å². The molecule has 0 saturated heterocycles. The first kappa shape index (κ1) is 43.7. The SMILES string of the molecule is Cc1cc2c3c(c1)N(c1ccc(C(C)(C)C)cc1)c1cc(N(c4ccccc4)c4ccccc4-c4ccccc4)ccc1B3c1cc(C(C)(C)C)ccc1N2c1ccc2c(c1)-c1ccccc1C2(C)C. The Hall–Kier alpha value is -7.56. The molecule has 9 aromatic carbocycles. The Morgan fingerprint density at radius 2 is 1.01 bits per heavy atom. The van der Waals surface area contributed by atoms with E-state index in [1.165, 1.54) is 94.9 Å². The van der Waals surface area contributed by atoms with Gasteiger partial charge in [0.05, 0.1) is 5.69 Å². The molecule has 2 heterocycles. The summed E-state index contributed by atoms with van der Waals surface area (Å²) in [6.45, 7) is 20.9. The van der Waals surface area contributed by atoms with Crippen LogP contribution in [0, 0.1) is 6.92 Å². The van der Waals surface area contributed by atoms with Gasteiger partial charge < -0.3 is 14.7 Å². The summed E-state index contributed by atoms with van der Waals surface area (Å²) in [5.41, 5.74) is 26.0. The van der Waals surface area contributed by atoms with Crippen molar-refractivity contribution in [1.29, 1.82) is 0 Å². The minimum Gasteiger partial charge on any atom is -0.311 e. The summed E-state index contributed by atoms with van der Waals surface area (Å²) < 4.78 is 0. The summed E-state index contributed by atoms with van der Waals surface area (Å²) in [6, 6.07) is 75.6. The Morgan fingerprint density at radius 1 is 0.429 bits per heavy atom. The Morgan fingerprint density at radius 3 is 1.71 bits per heavy atom. The van der Waals surface area contributed by atoms with Crippen LogP contribution in [0.25, 0.3) is 22.3 Å². The zero-order valence-electron chi connectivity index (χ0n) is 42.0. The molecule has 0 atom stereocenters. The smallest absolute Gasteiger partial charge is 0.252 e. The Kier molecular flexibility index (Phi) is 9.99. The molecule has 0 unspecified atom stereocenters. The summed E-state index contributed by atoms with van der Waals surface area (Å²) in [7, 11) is 0. The van der Waals surface area contributed by atoms with Crippen LogP contribution in [-0.2, 0) is 16.2 Å². The Labute approximate surface area is 415 Å². The molecule has 0 amide bonds. The molecule has 3 aliphatic rings. The third-order valence-corrected chi connectivity index (χ3v) is 15.4. The topological polar surface area (TPSA) is 9.72 Å². The Balaban J connectivity index is 1.13.